The van der Waals surface area contributed by atoms with Crippen LogP contribution in [-0.2, 0) is 0 Å². The SMILES string of the molecule is CNC[C@H]1CCCN(C(=O)c2cc(C)c3ccccc3n2)C1. The second-order valence-corrected chi connectivity index (χ2v) is 6.16. The average molecular weight is 297 g/mol. The van der Waals surface area contributed by atoms with Crippen molar-refractivity contribution in [3.8, 4) is 0 Å². The van der Waals surface area contributed by atoms with Crippen LogP contribution < -0.4 is 5.32 Å². The molecule has 4 nitrogen and oxygen atoms in total. The monoisotopic (exact) mass is 297 g/mol. The number of rotatable bonds is 3. The number of nitrogens with zero attached hydrogens (tertiary/aromatic N) is 2. The van der Waals surface area contributed by atoms with Crippen molar-refractivity contribution in [2.75, 3.05) is 26.7 Å². The van der Waals surface area contributed by atoms with E-state index < -0.39 is 0 Å². The predicted molar refractivity (Wildman–Crippen MR) is 89.0 cm³/mol. The maximum atomic E-state index is 12.8. The third-order valence-electron chi connectivity index (χ3n) is 4.44. The summed E-state index contributed by atoms with van der Waals surface area (Å²) in [6.45, 7) is 4.68. The van der Waals surface area contributed by atoms with E-state index in [1.54, 1.807) is 0 Å². The zero-order valence-electron chi connectivity index (χ0n) is 13.3. The lowest BCUT2D eigenvalue weighted by Gasteiger charge is -2.32. The van der Waals surface area contributed by atoms with Crippen LogP contribution in [0.25, 0.3) is 10.9 Å². The summed E-state index contributed by atoms with van der Waals surface area (Å²) >= 11 is 0. The summed E-state index contributed by atoms with van der Waals surface area (Å²) in [5.74, 6) is 0.610. The number of para-hydroxylation sites is 1. The van der Waals surface area contributed by atoms with Gasteiger partial charge in [0.1, 0.15) is 5.69 Å². The Bertz CT molecular complexity index is 681. The van der Waals surface area contributed by atoms with Crippen molar-refractivity contribution in [1.82, 2.24) is 15.2 Å². The van der Waals surface area contributed by atoms with Gasteiger partial charge in [-0.15, -0.1) is 0 Å². The number of aryl methyl sites for hydroxylation is 1. The van der Waals surface area contributed by atoms with Crippen molar-refractivity contribution >= 4 is 16.8 Å². The van der Waals surface area contributed by atoms with Crippen molar-refractivity contribution in [2.45, 2.75) is 19.8 Å². The molecule has 1 atom stereocenters. The quantitative estimate of drug-likeness (QED) is 0.947. The lowest BCUT2D eigenvalue weighted by Crippen LogP contribution is -2.42. The molecule has 4 heteroatoms. The zero-order valence-corrected chi connectivity index (χ0v) is 13.3. The zero-order chi connectivity index (χ0) is 15.5. The van der Waals surface area contributed by atoms with Gasteiger partial charge in [0.25, 0.3) is 5.91 Å². The summed E-state index contributed by atoms with van der Waals surface area (Å²) < 4.78 is 0. The summed E-state index contributed by atoms with van der Waals surface area (Å²) in [6.07, 6.45) is 2.26. The Morgan fingerprint density at radius 2 is 2.23 bits per heavy atom. The Morgan fingerprint density at radius 3 is 3.05 bits per heavy atom. The van der Waals surface area contributed by atoms with Crippen LogP contribution >= 0.6 is 0 Å². The van der Waals surface area contributed by atoms with Crippen LogP contribution in [0.4, 0.5) is 0 Å². The van der Waals surface area contributed by atoms with E-state index in [-0.39, 0.29) is 5.91 Å². The lowest BCUT2D eigenvalue weighted by molar-refractivity contribution is 0.0668. The summed E-state index contributed by atoms with van der Waals surface area (Å²) in [7, 11) is 1.97. The van der Waals surface area contributed by atoms with Gasteiger partial charge in [-0.3, -0.25) is 4.79 Å². The van der Waals surface area contributed by atoms with E-state index in [1.165, 1.54) is 6.42 Å². The smallest absolute Gasteiger partial charge is 0.272 e. The molecule has 1 fully saturated rings. The molecule has 1 aromatic carbocycles. The van der Waals surface area contributed by atoms with E-state index in [4.69, 9.17) is 0 Å². The number of nitrogens with one attached hydrogen (secondary N) is 1. The topological polar surface area (TPSA) is 45.2 Å². The Labute approximate surface area is 131 Å². The maximum absolute atomic E-state index is 12.8. The van der Waals surface area contributed by atoms with Gasteiger partial charge in [-0.2, -0.15) is 0 Å². The number of likely N-dealkylation sites (tertiary alicyclic amines) is 1. The number of hydrogen-bond donors (Lipinski definition) is 1. The highest BCUT2D eigenvalue weighted by Crippen LogP contribution is 2.21. The number of piperidine rings is 1. The van der Waals surface area contributed by atoms with Crippen molar-refractivity contribution in [3.05, 3.63) is 41.6 Å². The fourth-order valence-corrected chi connectivity index (χ4v) is 3.33. The van der Waals surface area contributed by atoms with Crippen LogP contribution in [0.5, 0.6) is 0 Å². The second-order valence-electron chi connectivity index (χ2n) is 6.16. The van der Waals surface area contributed by atoms with Crippen molar-refractivity contribution in [2.24, 2.45) is 5.92 Å². The highest BCUT2D eigenvalue weighted by Gasteiger charge is 2.25. The fraction of sp³-hybridized carbons (Fsp3) is 0.444. The number of carbonyl (C=O) groups is 1. The number of fused-ring (bicyclic) bond motifs is 1. The molecule has 0 radical (unpaired) electrons. The average Bonchev–Trinajstić information content (AvgIpc) is 2.55. The summed E-state index contributed by atoms with van der Waals surface area (Å²) in [6, 6.07) is 9.92. The largest absolute Gasteiger partial charge is 0.337 e. The van der Waals surface area contributed by atoms with Gasteiger partial charge >= 0.3 is 0 Å². The van der Waals surface area contributed by atoms with Crippen molar-refractivity contribution < 1.29 is 4.79 Å². The summed E-state index contributed by atoms with van der Waals surface area (Å²) in [5.41, 5.74) is 2.58. The molecule has 22 heavy (non-hydrogen) atoms. The molecule has 2 heterocycles. The first-order chi connectivity index (χ1) is 10.7. The molecule has 0 aliphatic carbocycles. The molecule has 1 amide bonds. The Kier molecular flexibility index (Phi) is 4.39. The normalized spacial score (nSPS) is 18.6. The maximum Gasteiger partial charge on any atom is 0.272 e. The number of pyridine rings is 1. The standard InChI is InChI=1S/C18H23N3O/c1-13-10-17(20-16-8-4-3-7-15(13)16)18(22)21-9-5-6-14(12-21)11-19-2/h3-4,7-8,10,14,19H,5-6,9,11-12H2,1-2H3/t14-/m1/s1. The van der Waals surface area contributed by atoms with E-state index in [9.17, 15) is 4.79 Å². The van der Waals surface area contributed by atoms with E-state index >= 15 is 0 Å². The van der Waals surface area contributed by atoms with Crippen LogP contribution in [-0.4, -0.2) is 42.5 Å². The van der Waals surface area contributed by atoms with Gasteiger partial charge < -0.3 is 10.2 Å². The highest BCUT2D eigenvalue weighted by molar-refractivity contribution is 5.96. The molecule has 3 rings (SSSR count). The first-order valence-corrected chi connectivity index (χ1v) is 7.99. The molecule has 0 spiro atoms. The summed E-state index contributed by atoms with van der Waals surface area (Å²) in [5, 5.41) is 4.33. The Hall–Kier alpha value is -1.94. The van der Waals surface area contributed by atoms with Gasteiger partial charge in [-0.05, 0) is 57.0 Å². The molecule has 1 aliphatic rings. The minimum atomic E-state index is 0.0645. The van der Waals surface area contributed by atoms with Crippen molar-refractivity contribution in [1.29, 1.82) is 0 Å². The van der Waals surface area contributed by atoms with Crippen LogP contribution in [0.15, 0.2) is 30.3 Å². The molecule has 0 unspecified atom stereocenters. The third kappa shape index (κ3) is 2.97. The fourth-order valence-electron chi connectivity index (χ4n) is 3.33. The molecule has 1 saturated heterocycles. The Morgan fingerprint density at radius 1 is 1.41 bits per heavy atom. The Balaban J connectivity index is 1.85. The number of benzene rings is 1. The van der Waals surface area contributed by atoms with E-state index in [0.717, 1.165) is 42.5 Å². The number of carbonyl (C=O) groups excluding carboxylic acids is 1. The molecule has 116 valence electrons. The highest BCUT2D eigenvalue weighted by atomic mass is 16.2. The number of hydrogen-bond acceptors (Lipinski definition) is 3. The third-order valence-corrected chi connectivity index (χ3v) is 4.44. The van der Waals surface area contributed by atoms with Gasteiger partial charge in [0.15, 0.2) is 0 Å². The minimum absolute atomic E-state index is 0.0645. The van der Waals surface area contributed by atoms with Gasteiger partial charge in [0.05, 0.1) is 5.52 Å². The lowest BCUT2D eigenvalue weighted by atomic mass is 9.97. The van der Waals surface area contributed by atoms with E-state index in [1.807, 2.05) is 43.1 Å². The molecule has 1 N–H and O–H groups in total. The first kappa shape index (κ1) is 15.0. The van der Waals surface area contributed by atoms with Gasteiger partial charge in [-0.1, -0.05) is 18.2 Å². The van der Waals surface area contributed by atoms with E-state index in [2.05, 4.69) is 16.4 Å². The van der Waals surface area contributed by atoms with E-state index in [0.29, 0.717) is 11.6 Å². The molecular formula is C18H23N3O. The second kappa shape index (κ2) is 6.44. The molecule has 1 aromatic heterocycles. The predicted octanol–water partition coefficient (Wildman–Crippen LogP) is 2.61. The van der Waals surface area contributed by atoms with Gasteiger partial charge in [0.2, 0.25) is 0 Å². The van der Waals surface area contributed by atoms with Crippen LogP contribution in [0, 0.1) is 12.8 Å². The number of aromatic nitrogens is 1. The van der Waals surface area contributed by atoms with Crippen LogP contribution in [0.1, 0.15) is 28.9 Å². The first-order valence-electron chi connectivity index (χ1n) is 7.99. The van der Waals surface area contributed by atoms with Gasteiger partial charge in [-0.25, -0.2) is 4.98 Å². The summed E-state index contributed by atoms with van der Waals surface area (Å²) in [4.78, 5) is 19.3. The molecule has 2 aromatic rings. The van der Waals surface area contributed by atoms with Crippen molar-refractivity contribution in [3.63, 3.8) is 0 Å². The molecule has 0 saturated carbocycles. The van der Waals surface area contributed by atoms with Crippen LogP contribution in [0.3, 0.4) is 0 Å². The van der Waals surface area contributed by atoms with Crippen LogP contribution in [0.2, 0.25) is 0 Å². The van der Waals surface area contributed by atoms with Gasteiger partial charge in [0, 0.05) is 18.5 Å². The molecule has 1 aliphatic heterocycles. The molecule has 0 bridgehead atoms. The minimum Gasteiger partial charge on any atom is -0.337 e. The molecular weight excluding hydrogens is 274 g/mol. The number of amides is 1.